The van der Waals surface area contributed by atoms with Crippen LogP contribution < -0.4 is 9.47 Å². The molecule has 0 spiro atoms. The highest BCUT2D eigenvalue weighted by atomic mass is 16.5. The van der Waals surface area contributed by atoms with Gasteiger partial charge in [0.05, 0.1) is 13.2 Å². The number of hydrogen-bond acceptors (Lipinski definition) is 5. The first-order valence-electron chi connectivity index (χ1n) is 10.5. The van der Waals surface area contributed by atoms with E-state index in [1.807, 2.05) is 55.5 Å². The van der Waals surface area contributed by atoms with Gasteiger partial charge in [0.25, 0.3) is 0 Å². The van der Waals surface area contributed by atoms with Crippen molar-refractivity contribution in [2.45, 2.75) is 32.6 Å². The first-order chi connectivity index (χ1) is 15.1. The molecule has 0 fully saturated rings. The lowest BCUT2D eigenvalue weighted by Crippen LogP contribution is -1.99. The van der Waals surface area contributed by atoms with Gasteiger partial charge in [-0.15, -0.1) is 0 Å². The van der Waals surface area contributed by atoms with E-state index in [0.29, 0.717) is 31.1 Å². The Morgan fingerprint density at radius 3 is 2.55 bits per heavy atom. The molecule has 1 aromatic heterocycles. The second kappa shape index (κ2) is 9.51. The zero-order valence-electron chi connectivity index (χ0n) is 17.5. The summed E-state index contributed by atoms with van der Waals surface area (Å²) in [5, 5.41) is 10.9. The molecule has 0 aliphatic rings. The van der Waals surface area contributed by atoms with E-state index >= 15 is 0 Å². The van der Waals surface area contributed by atoms with Crippen LogP contribution in [-0.2, 0) is 4.79 Å². The number of nitrogens with zero attached hydrogens (tertiary/aromatic N) is 1. The highest BCUT2D eigenvalue weighted by Gasteiger charge is 2.10. The first kappa shape index (κ1) is 20.7. The fourth-order valence-electron chi connectivity index (χ4n) is 3.48. The van der Waals surface area contributed by atoms with Gasteiger partial charge in [0.2, 0.25) is 5.89 Å². The molecule has 4 rings (SSSR count). The van der Waals surface area contributed by atoms with Crippen LogP contribution in [0.4, 0.5) is 0 Å². The van der Waals surface area contributed by atoms with Gasteiger partial charge in [-0.1, -0.05) is 12.1 Å². The first-order valence-corrected chi connectivity index (χ1v) is 10.5. The third-order valence-electron chi connectivity index (χ3n) is 5.03. The van der Waals surface area contributed by atoms with Gasteiger partial charge < -0.3 is 19.0 Å². The lowest BCUT2D eigenvalue weighted by atomic mass is 10.1. The smallest absolute Gasteiger partial charge is 0.303 e. The number of hydrogen-bond donors (Lipinski definition) is 1. The molecule has 0 unspecified atom stereocenters. The zero-order chi connectivity index (χ0) is 21.6. The Hall–Kier alpha value is -3.54. The van der Waals surface area contributed by atoms with Crippen LogP contribution in [0.2, 0.25) is 0 Å². The van der Waals surface area contributed by atoms with Crippen molar-refractivity contribution in [3.63, 3.8) is 0 Å². The molecule has 0 atom stereocenters. The summed E-state index contributed by atoms with van der Waals surface area (Å²) in [5.41, 5.74) is 2.36. The van der Waals surface area contributed by atoms with Crippen molar-refractivity contribution in [3.05, 3.63) is 54.6 Å². The predicted molar refractivity (Wildman–Crippen MR) is 120 cm³/mol. The monoisotopic (exact) mass is 419 g/mol. The summed E-state index contributed by atoms with van der Waals surface area (Å²) >= 11 is 0. The fraction of sp³-hybridized carbons (Fsp3) is 0.280. The second-order valence-electron chi connectivity index (χ2n) is 7.36. The Bertz CT molecular complexity index is 1200. The molecule has 1 heterocycles. The Kier molecular flexibility index (Phi) is 6.36. The molecule has 1 N–H and O–H groups in total. The molecule has 0 aliphatic carbocycles. The number of aromatic nitrogens is 1. The van der Waals surface area contributed by atoms with E-state index in [1.165, 1.54) is 0 Å². The molecule has 31 heavy (non-hydrogen) atoms. The van der Waals surface area contributed by atoms with Gasteiger partial charge in [0.15, 0.2) is 5.58 Å². The SMILES string of the molecule is CCOc1ccc2cc(-c3nc4ccc(OCCCCCC(=O)O)cc4o3)ccc2c1. The average Bonchev–Trinajstić information content (AvgIpc) is 3.19. The number of oxazole rings is 1. The summed E-state index contributed by atoms with van der Waals surface area (Å²) in [5.74, 6) is 1.39. The van der Waals surface area contributed by atoms with Crippen molar-refractivity contribution >= 4 is 27.8 Å². The standard InChI is InChI=1S/C25H25NO5/c1-2-29-20-10-9-17-14-19(8-7-18(17)15-20)25-26-22-12-11-21(16-23(22)31-25)30-13-5-3-4-6-24(27)28/h7-12,14-16H,2-6,13H2,1H3,(H,27,28). The number of carboxylic acids is 1. The molecule has 6 heteroatoms. The predicted octanol–water partition coefficient (Wildman–Crippen LogP) is 6.07. The van der Waals surface area contributed by atoms with Gasteiger partial charge in [0, 0.05) is 18.1 Å². The van der Waals surface area contributed by atoms with Crippen LogP contribution in [0.1, 0.15) is 32.6 Å². The van der Waals surface area contributed by atoms with Crippen molar-refractivity contribution in [1.29, 1.82) is 0 Å². The van der Waals surface area contributed by atoms with Crippen LogP contribution in [0.3, 0.4) is 0 Å². The van der Waals surface area contributed by atoms with Crippen LogP contribution in [0.15, 0.2) is 59.0 Å². The molecule has 0 saturated heterocycles. The highest BCUT2D eigenvalue weighted by molar-refractivity contribution is 5.88. The van der Waals surface area contributed by atoms with Crippen LogP contribution in [0.5, 0.6) is 11.5 Å². The van der Waals surface area contributed by atoms with E-state index in [9.17, 15) is 4.79 Å². The molecule has 160 valence electrons. The summed E-state index contributed by atoms with van der Waals surface area (Å²) in [6.07, 6.45) is 2.52. The van der Waals surface area contributed by atoms with Crippen LogP contribution in [-0.4, -0.2) is 29.3 Å². The quantitative estimate of drug-likeness (QED) is 0.314. The third-order valence-corrected chi connectivity index (χ3v) is 5.03. The van der Waals surface area contributed by atoms with Crippen LogP contribution >= 0.6 is 0 Å². The van der Waals surface area contributed by atoms with Gasteiger partial charge in [0.1, 0.15) is 17.0 Å². The van der Waals surface area contributed by atoms with E-state index in [1.54, 1.807) is 0 Å². The maximum absolute atomic E-state index is 10.5. The molecular formula is C25H25NO5. The summed E-state index contributed by atoms with van der Waals surface area (Å²) in [6, 6.07) is 17.7. The van der Waals surface area contributed by atoms with E-state index in [4.69, 9.17) is 19.0 Å². The van der Waals surface area contributed by atoms with Crippen LogP contribution in [0.25, 0.3) is 33.3 Å². The maximum Gasteiger partial charge on any atom is 0.303 e. The van der Waals surface area contributed by atoms with Crippen molar-refractivity contribution in [2.75, 3.05) is 13.2 Å². The molecule has 0 aliphatic heterocycles. The number of rotatable bonds is 10. The molecule has 4 aromatic rings. The lowest BCUT2D eigenvalue weighted by molar-refractivity contribution is -0.137. The van der Waals surface area contributed by atoms with E-state index in [0.717, 1.165) is 46.2 Å². The Balaban J connectivity index is 1.45. The Morgan fingerprint density at radius 2 is 1.71 bits per heavy atom. The molecule has 0 bridgehead atoms. The van der Waals surface area contributed by atoms with Gasteiger partial charge >= 0.3 is 5.97 Å². The van der Waals surface area contributed by atoms with Gasteiger partial charge in [-0.25, -0.2) is 4.98 Å². The summed E-state index contributed by atoms with van der Waals surface area (Å²) in [7, 11) is 0. The topological polar surface area (TPSA) is 81.8 Å². The minimum absolute atomic E-state index is 0.204. The van der Waals surface area contributed by atoms with E-state index in [-0.39, 0.29) is 6.42 Å². The number of unbranched alkanes of at least 4 members (excludes halogenated alkanes) is 2. The number of carbonyl (C=O) groups is 1. The molecule has 0 saturated carbocycles. The number of ether oxygens (including phenoxy) is 2. The normalized spacial score (nSPS) is 11.1. The highest BCUT2D eigenvalue weighted by Crippen LogP contribution is 2.30. The molecule has 0 radical (unpaired) electrons. The van der Waals surface area contributed by atoms with Gasteiger partial charge in [-0.05, 0) is 73.4 Å². The fourth-order valence-corrected chi connectivity index (χ4v) is 3.48. The zero-order valence-corrected chi connectivity index (χ0v) is 17.5. The third kappa shape index (κ3) is 5.15. The number of benzene rings is 3. The second-order valence-corrected chi connectivity index (χ2v) is 7.36. The van der Waals surface area contributed by atoms with Crippen molar-refractivity contribution in [3.8, 4) is 23.0 Å². The number of fused-ring (bicyclic) bond motifs is 2. The molecule has 6 nitrogen and oxygen atoms in total. The molecular weight excluding hydrogens is 394 g/mol. The van der Waals surface area contributed by atoms with Gasteiger partial charge in [-0.3, -0.25) is 4.79 Å². The summed E-state index contributed by atoms with van der Waals surface area (Å²) in [4.78, 5) is 15.1. The van der Waals surface area contributed by atoms with Crippen LogP contribution in [0, 0.1) is 0 Å². The average molecular weight is 419 g/mol. The molecule has 0 amide bonds. The Morgan fingerprint density at radius 1 is 0.935 bits per heavy atom. The van der Waals surface area contributed by atoms with Crippen molar-refractivity contribution in [2.24, 2.45) is 0 Å². The van der Waals surface area contributed by atoms with E-state index < -0.39 is 5.97 Å². The lowest BCUT2D eigenvalue weighted by Gasteiger charge is -2.05. The number of aliphatic carboxylic acids is 1. The minimum Gasteiger partial charge on any atom is -0.494 e. The van der Waals surface area contributed by atoms with Gasteiger partial charge in [-0.2, -0.15) is 0 Å². The Labute approximate surface area is 180 Å². The van der Waals surface area contributed by atoms with Crippen molar-refractivity contribution < 1.29 is 23.8 Å². The minimum atomic E-state index is -0.755. The summed E-state index contributed by atoms with van der Waals surface area (Å²) < 4.78 is 17.3. The van der Waals surface area contributed by atoms with E-state index in [2.05, 4.69) is 11.1 Å². The summed E-state index contributed by atoms with van der Waals surface area (Å²) in [6.45, 7) is 3.16. The number of carboxylic acid groups (broad SMARTS) is 1. The van der Waals surface area contributed by atoms with Crippen molar-refractivity contribution in [1.82, 2.24) is 4.98 Å². The molecule has 3 aromatic carbocycles. The maximum atomic E-state index is 10.5. The largest absolute Gasteiger partial charge is 0.494 e.